The van der Waals surface area contributed by atoms with Crippen molar-refractivity contribution in [1.29, 1.82) is 0 Å². The van der Waals surface area contributed by atoms with Crippen molar-refractivity contribution >= 4 is 19.6 Å². The van der Waals surface area contributed by atoms with Crippen LogP contribution in [0.3, 0.4) is 0 Å². The number of hydrogen-bond acceptors (Lipinski definition) is 3. The molecule has 0 saturated carbocycles. The Bertz CT molecular complexity index is 162. The summed E-state index contributed by atoms with van der Waals surface area (Å²) < 4.78 is 14.9. The van der Waals surface area contributed by atoms with Gasteiger partial charge in [-0.25, -0.2) is 4.57 Å². The summed E-state index contributed by atoms with van der Waals surface area (Å²) in [4.78, 5) is 16.9. The topological polar surface area (TPSA) is 66.8 Å². The van der Waals surface area contributed by atoms with Crippen LogP contribution in [0.4, 0.5) is 0 Å². The summed E-state index contributed by atoms with van der Waals surface area (Å²) in [5.74, 6) is 0.935. The lowest BCUT2D eigenvalue weighted by Crippen LogP contribution is -2.11. The maximum Gasteiger partial charge on any atom is 0.470 e. The maximum atomic E-state index is 10.4. The Balaban J connectivity index is 2.30. The summed E-state index contributed by atoms with van der Waals surface area (Å²) >= 11 is 1.48. The van der Waals surface area contributed by atoms with Crippen LogP contribution < -0.4 is 0 Å². The number of thioether (sulfide) groups is 1. The fourth-order valence-electron chi connectivity index (χ4n) is 0.947. The summed E-state index contributed by atoms with van der Waals surface area (Å²) in [6, 6.07) is 0. The van der Waals surface area contributed by atoms with Crippen molar-refractivity contribution in [2.24, 2.45) is 0 Å². The van der Waals surface area contributed by atoms with Crippen LogP contribution >= 0.6 is 19.6 Å². The molecule has 66 valence electrons. The maximum absolute atomic E-state index is 10.4. The van der Waals surface area contributed by atoms with Gasteiger partial charge in [-0.3, -0.25) is 4.52 Å². The molecule has 2 N–H and O–H groups in total. The lowest BCUT2D eigenvalue weighted by molar-refractivity contribution is 0.173. The van der Waals surface area contributed by atoms with E-state index < -0.39 is 7.82 Å². The molecule has 0 aromatic carbocycles. The molecule has 11 heavy (non-hydrogen) atoms. The minimum atomic E-state index is -4.26. The van der Waals surface area contributed by atoms with Crippen LogP contribution in [0.1, 0.15) is 19.3 Å². The number of hydrogen-bond donors (Lipinski definition) is 2. The van der Waals surface area contributed by atoms with Gasteiger partial charge >= 0.3 is 7.82 Å². The Kier molecular flexibility index (Phi) is 3.40. The molecule has 1 aliphatic heterocycles. The Hall–Kier alpha value is 0.460. The molecule has 4 nitrogen and oxygen atoms in total. The molecule has 0 amide bonds. The van der Waals surface area contributed by atoms with Crippen molar-refractivity contribution in [2.45, 2.75) is 24.7 Å². The van der Waals surface area contributed by atoms with E-state index in [-0.39, 0.29) is 5.44 Å². The van der Waals surface area contributed by atoms with Crippen LogP contribution in [-0.2, 0) is 9.09 Å². The molecule has 1 fully saturated rings. The predicted molar refractivity (Wildman–Crippen MR) is 43.2 cm³/mol. The Morgan fingerprint density at radius 3 is 2.64 bits per heavy atom. The van der Waals surface area contributed by atoms with E-state index in [9.17, 15) is 4.57 Å². The molecule has 1 unspecified atom stereocenters. The molecule has 0 aromatic rings. The number of phosphoric ester groups is 1. The van der Waals surface area contributed by atoms with Gasteiger partial charge < -0.3 is 9.79 Å². The van der Waals surface area contributed by atoms with Crippen LogP contribution in [0.2, 0.25) is 0 Å². The summed E-state index contributed by atoms with van der Waals surface area (Å²) in [7, 11) is -4.26. The van der Waals surface area contributed by atoms with Gasteiger partial charge in [-0.1, -0.05) is 0 Å². The lowest BCUT2D eigenvalue weighted by atomic mass is 10.2. The first-order valence-electron chi connectivity index (χ1n) is 3.43. The quantitative estimate of drug-likeness (QED) is 0.655. The van der Waals surface area contributed by atoms with Crippen LogP contribution in [0, 0.1) is 0 Å². The minimum absolute atomic E-state index is 0.301. The zero-order valence-electron chi connectivity index (χ0n) is 5.97. The highest BCUT2D eigenvalue weighted by Gasteiger charge is 2.23. The third-order valence-electron chi connectivity index (χ3n) is 1.39. The van der Waals surface area contributed by atoms with Gasteiger partial charge in [-0.05, 0) is 25.0 Å². The van der Waals surface area contributed by atoms with Crippen molar-refractivity contribution in [1.82, 2.24) is 0 Å². The Morgan fingerprint density at radius 2 is 2.18 bits per heavy atom. The van der Waals surface area contributed by atoms with Gasteiger partial charge in [0.05, 0.1) is 0 Å². The summed E-state index contributed by atoms with van der Waals surface area (Å²) in [6.45, 7) is 0. The SMILES string of the molecule is O=P(O)(O)OC1CCCCS1. The molecule has 1 atom stereocenters. The molecular weight excluding hydrogens is 187 g/mol. The molecule has 1 saturated heterocycles. The average Bonchev–Trinajstić information content (AvgIpc) is 1.85. The zero-order chi connectivity index (χ0) is 8.32. The second kappa shape index (κ2) is 3.92. The van der Waals surface area contributed by atoms with E-state index in [0.29, 0.717) is 0 Å². The summed E-state index contributed by atoms with van der Waals surface area (Å²) in [5.41, 5.74) is -0.301. The van der Waals surface area contributed by atoms with E-state index in [0.717, 1.165) is 25.0 Å². The molecular formula is C5H11O4PS. The van der Waals surface area contributed by atoms with Crippen LogP contribution in [0.15, 0.2) is 0 Å². The predicted octanol–water partition coefficient (Wildman–Crippen LogP) is 1.34. The van der Waals surface area contributed by atoms with Gasteiger partial charge in [0.15, 0.2) is 0 Å². The molecule has 0 radical (unpaired) electrons. The van der Waals surface area contributed by atoms with Crippen molar-refractivity contribution in [3.05, 3.63) is 0 Å². The van der Waals surface area contributed by atoms with E-state index in [1.807, 2.05) is 0 Å². The fraction of sp³-hybridized carbons (Fsp3) is 1.00. The van der Waals surface area contributed by atoms with Gasteiger partial charge in [0.25, 0.3) is 0 Å². The molecule has 0 spiro atoms. The largest absolute Gasteiger partial charge is 0.470 e. The van der Waals surface area contributed by atoms with E-state index in [4.69, 9.17) is 9.79 Å². The van der Waals surface area contributed by atoms with Gasteiger partial charge in [0.2, 0.25) is 0 Å². The van der Waals surface area contributed by atoms with Crippen molar-refractivity contribution in [3.63, 3.8) is 0 Å². The normalized spacial score (nSPS) is 26.9. The third-order valence-corrected chi connectivity index (χ3v) is 3.29. The van der Waals surface area contributed by atoms with Gasteiger partial charge in [0, 0.05) is 0 Å². The average molecular weight is 198 g/mol. The highest BCUT2D eigenvalue weighted by Crippen LogP contribution is 2.42. The Morgan fingerprint density at radius 1 is 1.45 bits per heavy atom. The standard InChI is InChI=1S/C5H11O4PS/c6-10(7,8)9-5-3-1-2-4-11-5/h5H,1-4H2,(H2,6,7,8). The molecule has 1 heterocycles. The first kappa shape index (κ1) is 9.55. The van der Waals surface area contributed by atoms with Crippen molar-refractivity contribution < 1.29 is 18.9 Å². The van der Waals surface area contributed by atoms with E-state index in [2.05, 4.69) is 4.52 Å². The van der Waals surface area contributed by atoms with E-state index >= 15 is 0 Å². The first-order valence-corrected chi connectivity index (χ1v) is 6.01. The fourth-order valence-corrected chi connectivity index (χ4v) is 2.91. The van der Waals surface area contributed by atoms with E-state index in [1.165, 1.54) is 11.8 Å². The highest BCUT2D eigenvalue weighted by atomic mass is 32.2. The second-order valence-electron chi connectivity index (χ2n) is 2.39. The first-order chi connectivity index (χ1) is 5.08. The lowest BCUT2D eigenvalue weighted by Gasteiger charge is -2.21. The van der Waals surface area contributed by atoms with Gasteiger partial charge in [-0.15, -0.1) is 11.8 Å². The third kappa shape index (κ3) is 4.13. The summed E-state index contributed by atoms with van der Waals surface area (Å²) in [6.07, 6.45) is 2.86. The number of rotatable bonds is 2. The van der Waals surface area contributed by atoms with Gasteiger partial charge in [-0.2, -0.15) is 0 Å². The molecule has 1 aliphatic rings. The summed E-state index contributed by atoms with van der Waals surface area (Å²) in [5, 5.41) is 0. The molecule has 0 bridgehead atoms. The van der Waals surface area contributed by atoms with Crippen molar-refractivity contribution in [2.75, 3.05) is 5.75 Å². The second-order valence-corrected chi connectivity index (χ2v) is 4.85. The van der Waals surface area contributed by atoms with Crippen molar-refractivity contribution in [3.8, 4) is 0 Å². The zero-order valence-corrected chi connectivity index (χ0v) is 7.68. The molecule has 6 heteroatoms. The number of phosphoric acid groups is 1. The van der Waals surface area contributed by atoms with Crippen LogP contribution in [-0.4, -0.2) is 21.0 Å². The highest BCUT2D eigenvalue weighted by molar-refractivity contribution is 7.99. The van der Waals surface area contributed by atoms with E-state index in [1.54, 1.807) is 0 Å². The minimum Gasteiger partial charge on any atom is -0.303 e. The monoisotopic (exact) mass is 198 g/mol. The molecule has 1 rings (SSSR count). The van der Waals surface area contributed by atoms with Crippen LogP contribution in [0.5, 0.6) is 0 Å². The van der Waals surface area contributed by atoms with Gasteiger partial charge in [0.1, 0.15) is 5.44 Å². The van der Waals surface area contributed by atoms with Crippen LogP contribution in [0.25, 0.3) is 0 Å². The molecule has 0 aromatic heterocycles. The smallest absolute Gasteiger partial charge is 0.303 e. The Labute approximate surface area is 69.6 Å². The molecule has 0 aliphatic carbocycles.